The fourth-order valence-corrected chi connectivity index (χ4v) is 3.40. The molecule has 0 saturated carbocycles. The number of alkyl halides is 3. The third-order valence-electron chi connectivity index (χ3n) is 3.40. The minimum atomic E-state index is -4.43. The van der Waals surface area contributed by atoms with Crippen LogP contribution in [0.5, 0.6) is 0 Å². The second-order valence-electron chi connectivity index (χ2n) is 4.74. The molecule has 1 fully saturated rings. The zero-order valence-corrected chi connectivity index (χ0v) is 13.1. The van der Waals surface area contributed by atoms with E-state index in [2.05, 4.69) is 15.1 Å². The maximum absolute atomic E-state index is 12.5. The molecule has 5 nitrogen and oxygen atoms in total. The Labute approximate surface area is 129 Å². The Kier molecular flexibility index (Phi) is 4.99. The van der Waals surface area contributed by atoms with Crippen LogP contribution >= 0.6 is 23.6 Å². The average molecular weight is 339 g/mol. The van der Waals surface area contributed by atoms with Crippen molar-refractivity contribution < 1.29 is 13.2 Å². The quantitative estimate of drug-likeness (QED) is 0.844. The number of halogens is 3. The molecular formula is C11H16F3N5S2. The number of piperazine rings is 1. The van der Waals surface area contributed by atoms with Crippen molar-refractivity contribution in [3.05, 3.63) is 5.01 Å². The number of rotatable bonds is 4. The summed E-state index contributed by atoms with van der Waals surface area (Å²) < 4.78 is 37.6. The van der Waals surface area contributed by atoms with Gasteiger partial charge in [-0.05, 0) is 6.42 Å². The maximum Gasteiger partial charge on any atom is 0.445 e. The largest absolute Gasteiger partial charge is 0.445 e. The van der Waals surface area contributed by atoms with E-state index in [0.29, 0.717) is 47.6 Å². The number of nitrogens with two attached hydrogens (primary N) is 1. The molecule has 1 aliphatic heterocycles. The molecule has 1 unspecified atom stereocenters. The highest BCUT2D eigenvalue weighted by Gasteiger charge is 2.36. The third kappa shape index (κ3) is 3.80. The van der Waals surface area contributed by atoms with E-state index in [1.54, 1.807) is 0 Å². The van der Waals surface area contributed by atoms with Gasteiger partial charge in [-0.25, -0.2) is 0 Å². The Morgan fingerprint density at radius 2 is 1.95 bits per heavy atom. The molecule has 21 heavy (non-hydrogen) atoms. The van der Waals surface area contributed by atoms with E-state index in [1.807, 2.05) is 11.8 Å². The Bertz CT molecular complexity index is 496. The lowest BCUT2D eigenvalue weighted by atomic mass is 10.1. The minimum Gasteiger partial charge on any atom is -0.392 e. The summed E-state index contributed by atoms with van der Waals surface area (Å²) in [5.41, 5.74) is 5.71. The number of hydrogen-bond donors (Lipinski definition) is 1. The summed E-state index contributed by atoms with van der Waals surface area (Å²) in [6, 6.07) is 0.0438. The summed E-state index contributed by atoms with van der Waals surface area (Å²) in [6.07, 6.45) is -3.61. The van der Waals surface area contributed by atoms with Crippen LogP contribution in [0.25, 0.3) is 0 Å². The van der Waals surface area contributed by atoms with Crippen LogP contribution in [0, 0.1) is 0 Å². The van der Waals surface area contributed by atoms with E-state index in [-0.39, 0.29) is 6.04 Å². The maximum atomic E-state index is 12.5. The molecule has 2 N–H and O–H groups in total. The standard InChI is InChI=1S/C11H16F3N5S2/c1-2-7(8(15)20)18-3-5-19(6-4-18)10-17-16-9(21-10)11(12,13)14/h7H,2-6H2,1H3,(H2,15,20). The molecular weight excluding hydrogens is 323 g/mol. The first-order chi connectivity index (χ1) is 9.82. The van der Waals surface area contributed by atoms with Gasteiger partial charge in [0, 0.05) is 26.2 Å². The molecule has 0 aliphatic carbocycles. The first kappa shape index (κ1) is 16.4. The fraction of sp³-hybridized carbons (Fsp3) is 0.727. The number of anilines is 1. The van der Waals surface area contributed by atoms with Gasteiger partial charge in [0.25, 0.3) is 0 Å². The van der Waals surface area contributed by atoms with Crippen molar-refractivity contribution in [2.75, 3.05) is 31.1 Å². The lowest BCUT2D eigenvalue weighted by Gasteiger charge is -2.38. The molecule has 1 aliphatic rings. The summed E-state index contributed by atoms with van der Waals surface area (Å²) in [7, 11) is 0. The number of thiocarbonyl (C=S) groups is 1. The molecule has 0 radical (unpaired) electrons. The van der Waals surface area contributed by atoms with Crippen molar-refractivity contribution in [1.82, 2.24) is 15.1 Å². The van der Waals surface area contributed by atoms with Gasteiger partial charge in [-0.15, -0.1) is 10.2 Å². The number of aromatic nitrogens is 2. The van der Waals surface area contributed by atoms with Gasteiger partial charge in [-0.3, -0.25) is 4.90 Å². The highest BCUT2D eigenvalue weighted by atomic mass is 32.1. The molecule has 2 rings (SSSR count). The van der Waals surface area contributed by atoms with Crippen LogP contribution in [0.4, 0.5) is 18.3 Å². The summed E-state index contributed by atoms with van der Waals surface area (Å²) in [6.45, 7) is 4.57. The molecule has 118 valence electrons. The van der Waals surface area contributed by atoms with Gasteiger partial charge >= 0.3 is 6.18 Å². The van der Waals surface area contributed by atoms with E-state index in [4.69, 9.17) is 18.0 Å². The van der Waals surface area contributed by atoms with Crippen molar-refractivity contribution in [3.8, 4) is 0 Å². The highest BCUT2D eigenvalue weighted by molar-refractivity contribution is 7.80. The van der Waals surface area contributed by atoms with Crippen LogP contribution in [0.15, 0.2) is 0 Å². The molecule has 1 aromatic heterocycles. The molecule has 0 aromatic carbocycles. The Balaban J connectivity index is 1.98. The van der Waals surface area contributed by atoms with Gasteiger partial charge in [0.15, 0.2) is 0 Å². The van der Waals surface area contributed by atoms with Gasteiger partial charge in [-0.2, -0.15) is 13.2 Å². The fourth-order valence-electron chi connectivity index (χ4n) is 2.32. The second-order valence-corrected chi connectivity index (χ2v) is 6.16. The van der Waals surface area contributed by atoms with Crippen molar-refractivity contribution in [3.63, 3.8) is 0 Å². The van der Waals surface area contributed by atoms with Gasteiger partial charge in [0.05, 0.1) is 11.0 Å². The second kappa shape index (κ2) is 6.41. The number of nitrogens with zero attached hydrogens (tertiary/aromatic N) is 4. The van der Waals surface area contributed by atoms with E-state index in [0.717, 1.165) is 6.42 Å². The molecule has 1 atom stereocenters. The molecule has 0 amide bonds. The zero-order chi connectivity index (χ0) is 15.6. The van der Waals surface area contributed by atoms with Crippen molar-refractivity contribution in [2.45, 2.75) is 25.6 Å². The Morgan fingerprint density at radius 3 is 2.38 bits per heavy atom. The number of hydrogen-bond acceptors (Lipinski definition) is 6. The molecule has 10 heteroatoms. The first-order valence-corrected chi connectivity index (χ1v) is 7.74. The summed E-state index contributed by atoms with van der Waals surface area (Å²) >= 11 is 5.62. The predicted octanol–water partition coefficient (Wildman–Crippen LogP) is 1.74. The highest BCUT2D eigenvalue weighted by Crippen LogP contribution is 2.34. The van der Waals surface area contributed by atoms with Crippen molar-refractivity contribution >= 4 is 33.7 Å². The lowest BCUT2D eigenvalue weighted by Crippen LogP contribution is -2.53. The molecule has 0 spiro atoms. The van der Waals surface area contributed by atoms with Gasteiger partial charge < -0.3 is 10.6 Å². The normalized spacial score (nSPS) is 18.8. The SMILES string of the molecule is CCC(C(N)=S)N1CCN(c2nnc(C(F)(F)F)s2)CC1. The van der Waals surface area contributed by atoms with E-state index in [9.17, 15) is 13.2 Å². The molecule has 1 aromatic rings. The Morgan fingerprint density at radius 1 is 1.33 bits per heavy atom. The average Bonchev–Trinajstić information content (AvgIpc) is 2.89. The van der Waals surface area contributed by atoms with E-state index >= 15 is 0 Å². The first-order valence-electron chi connectivity index (χ1n) is 6.52. The van der Waals surface area contributed by atoms with Crippen molar-refractivity contribution in [1.29, 1.82) is 0 Å². The molecule has 2 heterocycles. The zero-order valence-electron chi connectivity index (χ0n) is 11.4. The van der Waals surface area contributed by atoms with E-state index in [1.165, 1.54) is 0 Å². The van der Waals surface area contributed by atoms with Crippen LogP contribution < -0.4 is 10.6 Å². The topological polar surface area (TPSA) is 58.3 Å². The van der Waals surface area contributed by atoms with Gasteiger partial charge in [-0.1, -0.05) is 30.5 Å². The molecule has 1 saturated heterocycles. The van der Waals surface area contributed by atoms with E-state index < -0.39 is 11.2 Å². The van der Waals surface area contributed by atoms with Crippen molar-refractivity contribution in [2.24, 2.45) is 5.73 Å². The molecule has 0 bridgehead atoms. The summed E-state index contributed by atoms with van der Waals surface area (Å²) in [5.74, 6) is 0. The summed E-state index contributed by atoms with van der Waals surface area (Å²) in [5, 5.41) is 6.25. The summed E-state index contributed by atoms with van der Waals surface area (Å²) in [4.78, 5) is 4.43. The predicted molar refractivity (Wildman–Crippen MR) is 79.6 cm³/mol. The van der Waals surface area contributed by atoms with Crippen LogP contribution in [-0.2, 0) is 6.18 Å². The smallest absolute Gasteiger partial charge is 0.392 e. The van der Waals surface area contributed by atoms with Crippen LogP contribution in [0.2, 0.25) is 0 Å². The van der Waals surface area contributed by atoms with Gasteiger partial charge in [0.2, 0.25) is 10.1 Å². The minimum absolute atomic E-state index is 0.0438. The van der Waals surface area contributed by atoms with Gasteiger partial charge in [0.1, 0.15) is 0 Å². The Hall–Kier alpha value is -1.00. The monoisotopic (exact) mass is 339 g/mol. The lowest BCUT2D eigenvalue weighted by molar-refractivity contribution is -0.138. The third-order valence-corrected chi connectivity index (χ3v) is 4.70. The van der Waals surface area contributed by atoms with Crippen LogP contribution in [0.1, 0.15) is 18.4 Å². The van der Waals surface area contributed by atoms with Crippen LogP contribution in [0.3, 0.4) is 0 Å². The van der Waals surface area contributed by atoms with Crippen LogP contribution in [-0.4, -0.2) is 52.3 Å².